The SMILES string of the molecule is CC(C)(C)OC(=O)c1cc2ccc(OS(=O)(=O)C(F)(F)F)cc2o1. The van der Waals surface area contributed by atoms with Crippen molar-refractivity contribution >= 4 is 27.1 Å². The number of alkyl halides is 3. The Morgan fingerprint density at radius 2 is 1.75 bits per heavy atom. The van der Waals surface area contributed by atoms with Crippen LogP contribution in [0.25, 0.3) is 11.0 Å². The van der Waals surface area contributed by atoms with Crippen LogP contribution in [-0.2, 0) is 14.9 Å². The second kappa shape index (κ2) is 5.69. The van der Waals surface area contributed by atoms with Crippen LogP contribution in [-0.4, -0.2) is 25.5 Å². The Labute approximate surface area is 135 Å². The van der Waals surface area contributed by atoms with Crippen molar-refractivity contribution in [1.82, 2.24) is 0 Å². The summed E-state index contributed by atoms with van der Waals surface area (Å²) in [5, 5.41) is 0.368. The quantitative estimate of drug-likeness (QED) is 0.469. The molecular weight excluding hydrogens is 353 g/mol. The Morgan fingerprint density at radius 3 is 2.29 bits per heavy atom. The number of esters is 1. The summed E-state index contributed by atoms with van der Waals surface area (Å²) in [6.45, 7) is 4.96. The molecule has 0 spiro atoms. The fourth-order valence-corrected chi connectivity index (χ4v) is 2.12. The minimum atomic E-state index is -5.79. The van der Waals surface area contributed by atoms with E-state index in [0.29, 0.717) is 5.39 Å². The lowest BCUT2D eigenvalue weighted by atomic mass is 10.2. The van der Waals surface area contributed by atoms with E-state index in [1.165, 1.54) is 12.1 Å². The second-order valence-electron chi connectivity index (χ2n) is 5.80. The Balaban J connectivity index is 2.31. The Kier molecular flexibility index (Phi) is 4.29. The Hall–Kier alpha value is -2.23. The average Bonchev–Trinajstić information content (AvgIpc) is 2.78. The summed E-state index contributed by atoms with van der Waals surface area (Å²) >= 11 is 0. The molecule has 0 saturated heterocycles. The van der Waals surface area contributed by atoms with Gasteiger partial charge >= 0.3 is 21.6 Å². The molecule has 0 N–H and O–H groups in total. The first kappa shape index (κ1) is 18.1. The molecule has 0 aliphatic heterocycles. The molecule has 0 aliphatic rings. The van der Waals surface area contributed by atoms with E-state index in [1.54, 1.807) is 20.8 Å². The number of carbonyl (C=O) groups is 1. The van der Waals surface area contributed by atoms with E-state index in [4.69, 9.17) is 9.15 Å². The van der Waals surface area contributed by atoms with Crippen LogP contribution < -0.4 is 4.18 Å². The lowest BCUT2D eigenvalue weighted by molar-refractivity contribution is -0.0500. The van der Waals surface area contributed by atoms with Gasteiger partial charge in [0.25, 0.3) is 0 Å². The molecule has 0 aliphatic carbocycles. The van der Waals surface area contributed by atoms with Crippen LogP contribution in [0, 0.1) is 0 Å². The van der Waals surface area contributed by atoms with Gasteiger partial charge in [0.05, 0.1) is 0 Å². The van der Waals surface area contributed by atoms with Gasteiger partial charge in [0.2, 0.25) is 5.76 Å². The number of furan rings is 1. The van der Waals surface area contributed by atoms with E-state index in [0.717, 1.165) is 12.1 Å². The fraction of sp³-hybridized carbons (Fsp3) is 0.357. The first-order valence-corrected chi connectivity index (χ1v) is 7.97. The highest BCUT2D eigenvalue weighted by molar-refractivity contribution is 7.88. The van der Waals surface area contributed by atoms with Gasteiger partial charge in [-0.1, -0.05) is 0 Å². The number of ether oxygens (including phenoxy) is 1. The van der Waals surface area contributed by atoms with Gasteiger partial charge in [-0.05, 0) is 39.0 Å². The van der Waals surface area contributed by atoms with Crippen LogP contribution in [0.15, 0.2) is 28.7 Å². The van der Waals surface area contributed by atoms with E-state index in [1.807, 2.05) is 0 Å². The molecule has 2 rings (SSSR count). The molecule has 1 aromatic heterocycles. The normalized spacial score (nSPS) is 13.1. The van der Waals surface area contributed by atoms with E-state index >= 15 is 0 Å². The first-order chi connectivity index (χ1) is 10.8. The van der Waals surface area contributed by atoms with Gasteiger partial charge < -0.3 is 13.3 Å². The first-order valence-electron chi connectivity index (χ1n) is 6.56. The van der Waals surface area contributed by atoms with Crippen LogP contribution in [0.4, 0.5) is 13.2 Å². The smallest absolute Gasteiger partial charge is 0.454 e. The minimum Gasteiger partial charge on any atom is -0.454 e. The van der Waals surface area contributed by atoms with Gasteiger partial charge in [-0.15, -0.1) is 0 Å². The highest BCUT2D eigenvalue weighted by Crippen LogP contribution is 2.30. The lowest BCUT2D eigenvalue weighted by Gasteiger charge is -2.18. The number of fused-ring (bicyclic) bond motifs is 1. The highest BCUT2D eigenvalue weighted by Gasteiger charge is 2.48. The van der Waals surface area contributed by atoms with Gasteiger partial charge in [0.1, 0.15) is 16.9 Å². The summed E-state index contributed by atoms with van der Waals surface area (Å²) in [5.41, 5.74) is -6.33. The summed E-state index contributed by atoms with van der Waals surface area (Å²) < 4.78 is 73.1. The van der Waals surface area contributed by atoms with Crippen molar-refractivity contribution in [1.29, 1.82) is 0 Å². The largest absolute Gasteiger partial charge is 0.534 e. The molecule has 0 bridgehead atoms. The molecular formula is C14H13F3O6S. The monoisotopic (exact) mass is 366 g/mol. The molecule has 1 heterocycles. The van der Waals surface area contributed by atoms with Crippen LogP contribution >= 0.6 is 0 Å². The maximum Gasteiger partial charge on any atom is 0.534 e. The Morgan fingerprint density at radius 1 is 1.12 bits per heavy atom. The maximum absolute atomic E-state index is 12.3. The predicted octanol–water partition coefficient (Wildman–Crippen LogP) is 3.62. The van der Waals surface area contributed by atoms with Crippen molar-refractivity contribution in [3.63, 3.8) is 0 Å². The molecule has 0 amide bonds. The van der Waals surface area contributed by atoms with Gasteiger partial charge in [-0.3, -0.25) is 0 Å². The van der Waals surface area contributed by atoms with Gasteiger partial charge in [-0.2, -0.15) is 21.6 Å². The molecule has 132 valence electrons. The number of carbonyl (C=O) groups excluding carboxylic acids is 1. The standard InChI is InChI=1S/C14H13F3O6S/c1-13(2,3)22-12(18)11-6-8-4-5-9(7-10(8)21-11)23-24(19,20)14(15,16)17/h4-7H,1-3H3. The molecule has 0 fully saturated rings. The van der Waals surface area contributed by atoms with Gasteiger partial charge in [-0.25, -0.2) is 4.79 Å². The van der Waals surface area contributed by atoms with E-state index in [9.17, 15) is 26.4 Å². The van der Waals surface area contributed by atoms with Crippen molar-refractivity contribution in [2.24, 2.45) is 0 Å². The highest BCUT2D eigenvalue weighted by atomic mass is 32.2. The number of halogens is 3. The summed E-state index contributed by atoms with van der Waals surface area (Å²) in [7, 11) is -5.79. The van der Waals surface area contributed by atoms with Crippen molar-refractivity contribution in [3.05, 3.63) is 30.0 Å². The summed E-state index contributed by atoms with van der Waals surface area (Å²) in [6, 6.07) is 4.53. The fourth-order valence-electron chi connectivity index (χ4n) is 1.67. The molecule has 2 aromatic rings. The lowest BCUT2D eigenvalue weighted by Crippen LogP contribution is -2.28. The van der Waals surface area contributed by atoms with Crippen LogP contribution in [0.3, 0.4) is 0 Å². The van der Waals surface area contributed by atoms with E-state index in [2.05, 4.69) is 4.18 Å². The van der Waals surface area contributed by atoms with E-state index < -0.39 is 32.9 Å². The minimum absolute atomic E-state index is 0.0225. The third-order valence-electron chi connectivity index (χ3n) is 2.58. The molecule has 0 saturated carbocycles. The maximum atomic E-state index is 12.3. The third-order valence-corrected chi connectivity index (χ3v) is 3.56. The molecule has 0 atom stereocenters. The van der Waals surface area contributed by atoms with Crippen molar-refractivity contribution in [2.75, 3.05) is 0 Å². The molecule has 1 aromatic carbocycles. The van der Waals surface area contributed by atoms with Crippen molar-refractivity contribution in [2.45, 2.75) is 31.9 Å². The molecule has 6 nitrogen and oxygen atoms in total. The number of hydrogen-bond donors (Lipinski definition) is 0. The zero-order chi connectivity index (χ0) is 18.3. The third kappa shape index (κ3) is 3.99. The van der Waals surface area contributed by atoms with Crippen molar-refractivity contribution in [3.8, 4) is 5.75 Å². The van der Waals surface area contributed by atoms with Gasteiger partial charge in [0, 0.05) is 11.5 Å². The van der Waals surface area contributed by atoms with E-state index in [-0.39, 0.29) is 11.3 Å². The number of benzene rings is 1. The van der Waals surface area contributed by atoms with Gasteiger partial charge in [0.15, 0.2) is 0 Å². The van der Waals surface area contributed by atoms with Crippen LogP contribution in [0.5, 0.6) is 5.75 Å². The average molecular weight is 366 g/mol. The second-order valence-corrected chi connectivity index (χ2v) is 7.33. The zero-order valence-electron chi connectivity index (χ0n) is 12.8. The summed E-state index contributed by atoms with van der Waals surface area (Å²) in [4.78, 5) is 11.9. The number of hydrogen-bond acceptors (Lipinski definition) is 6. The van der Waals surface area contributed by atoms with Crippen LogP contribution in [0.1, 0.15) is 31.3 Å². The molecule has 10 heteroatoms. The van der Waals surface area contributed by atoms with Crippen LogP contribution in [0.2, 0.25) is 0 Å². The molecule has 0 radical (unpaired) electrons. The Bertz CT molecular complexity index is 874. The number of rotatable bonds is 3. The summed E-state index contributed by atoms with van der Waals surface area (Å²) in [5.74, 6) is -1.52. The zero-order valence-corrected chi connectivity index (χ0v) is 13.6. The molecule has 24 heavy (non-hydrogen) atoms. The topological polar surface area (TPSA) is 82.8 Å². The van der Waals surface area contributed by atoms with Crippen molar-refractivity contribution < 1.29 is 39.7 Å². The predicted molar refractivity (Wildman–Crippen MR) is 77.0 cm³/mol. The molecule has 0 unspecified atom stereocenters. The summed E-state index contributed by atoms with van der Waals surface area (Å²) in [6.07, 6.45) is 0.